The largest absolute Gasteiger partial charge is 0.497 e. The van der Waals surface area contributed by atoms with Crippen LogP contribution in [-0.4, -0.2) is 46.5 Å². The Morgan fingerprint density at radius 1 is 1.28 bits per heavy atom. The van der Waals surface area contributed by atoms with Gasteiger partial charge in [-0.3, -0.25) is 4.99 Å². The molecule has 2 unspecified atom stereocenters. The van der Waals surface area contributed by atoms with Crippen LogP contribution in [0, 0.1) is 5.92 Å². The van der Waals surface area contributed by atoms with Crippen LogP contribution in [0.5, 0.6) is 11.5 Å². The van der Waals surface area contributed by atoms with Crippen molar-refractivity contribution >= 4 is 5.96 Å². The van der Waals surface area contributed by atoms with Gasteiger partial charge in [0.15, 0.2) is 5.96 Å². The molecule has 1 aromatic heterocycles. The molecule has 0 spiro atoms. The van der Waals surface area contributed by atoms with E-state index in [1.54, 1.807) is 20.5 Å². The summed E-state index contributed by atoms with van der Waals surface area (Å²) < 4.78 is 21.8. The van der Waals surface area contributed by atoms with Crippen molar-refractivity contribution in [2.24, 2.45) is 10.9 Å². The zero-order valence-corrected chi connectivity index (χ0v) is 17.4. The Labute approximate surface area is 172 Å². The molecule has 1 aromatic carbocycles. The first kappa shape index (κ1) is 21.0. The summed E-state index contributed by atoms with van der Waals surface area (Å²) >= 11 is 0. The molecule has 2 atom stereocenters. The molecule has 29 heavy (non-hydrogen) atoms. The van der Waals surface area contributed by atoms with Crippen molar-refractivity contribution in [1.29, 1.82) is 0 Å². The molecule has 1 aliphatic heterocycles. The van der Waals surface area contributed by atoms with Crippen LogP contribution in [0.1, 0.15) is 30.7 Å². The summed E-state index contributed by atoms with van der Waals surface area (Å²) in [5.74, 6) is 3.79. The summed E-state index contributed by atoms with van der Waals surface area (Å²) in [6, 6.07) is 9.66. The maximum Gasteiger partial charge on any atom is 0.191 e. The van der Waals surface area contributed by atoms with Crippen molar-refractivity contribution in [3.05, 3.63) is 47.9 Å². The highest BCUT2D eigenvalue weighted by atomic mass is 16.5. The van der Waals surface area contributed by atoms with Crippen LogP contribution in [0.25, 0.3) is 0 Å². The van der Waals surface area contributed by atoms with Gasteiger partial charge in [0.2, 0.25) is 0 Å². The van der Waals surface area contributed by atoms with Crippen LogP contribution in [0.4, 0.5) is 0 Å². The third-order valence-electron chi connectivity index (χ3n) is 5.03. The lowest BCUT2D eigenvalue weighted by atomic mass is 10.1. The maximum absolute atomic E-state index is 5.53. The monoisotopic (exact) mass is 401 g/mol. The van der Waals surface area contributed by atoms with Crippen LogP contribution in [-0.2, 0) is 11.2 Å². The lowest BCUT2D eigenvalue weighted by Crippen LogP contribution is -2.40. The Morgan fingerprint density at radius 3 is 2.86 bits per heavy atom. The zero-order valence-electron chi connectivity index (χ0n) is 17.4. The molecular formula is C22H31N3O4. The van der Waals surface area contributed by atoms with E-state index in [-0.39, 0.29) is 6.04 Å². The molecular weight excluding hydrogens is 370 g/mol. The van der Waals surface area contributed by atoms with Gasteiger partial charge in [0.1, 0.15) is 17.3 Å². The zero-order chi connectivity index (χ0) is 20.5. The molecule has 2 heterocycles. The molecule has 1 saturated heterocycles. The van der Waals surface area contributed by atoms with Gasteiger partial charge in [0.05, 0.1) is 33.1 Å². The van der Waals surface area contributed by atoms with Gasteiger partial charge in [-0.2, -0.15) is 0 Å². The summed E-state index contributed by atoms with van der Waals surface area (Å²) in [5, 5.41) is 6.91. The predicted octanol–water partition coefficient (Wildman–Crippen LogP) is 3.17. The molecule has 3 rings (SSSR count). The molecule has 7 nitrogen and oxygen atoms in total. The van der Waals surface area contributed by atoms with Crippen LogP contribution in [0.15, 0.2) is 46.0 Å². The van der Waals surface area contributed by atoms with Crippen molar-refractivity contribution in [2.75, 3.05) is 40.5 Å². The first-order chi connectivity index (χ1) is 14.2. The molecule has 7 heteroatoms. The molecule has 158 valence electrons. The van der Waals surface area contributed by atoms with Crippen LogP contribution < -0.4 is 20.1 Å². The van der Waals surface area contributed by atoms with Crippen LogP contribution >= 0.6 is 0 Å². The van der Waals surface area contributed by atoms with Gasteiger partial charge in [-0.15, -0.1) is 0 Å². The Morgan fingerprint density at radius 2 is 2.17 bits per heavy atom. The SMILES string of the molecule is COc1ccc(OC)c(C(C)NC(=NCC2CCOC2)NCCc2ccco2)c1. The summed E-state index contributed by atoms with van der Waals surface area (Å²) in [6.45, 7) is 5.15. The fourth-order valence-corrected chi connectivity index (χ4v) is 3.32. The number of aliphatic imine (C=N–C) groups is 1. The number of ether oxygens (including phenoxy) is 3. The molecule has 0 aliphatic carbocycles. The van der Waals surface area contributed by atoms with Gasteiger partial charge in [-0.1, -0.05) is 0 Å². The fourth-order valence-electron chi connectivity index (χ4n) is 3.32. The van der Waals surface area contributed by atoms with E-state index >= 15 is 0 Å². The number of nitrogens with zero attached hydrogens (tertiary/aromatic N) is 1. The van der Waals surface area contributed by atoms with E-state index < -0.39 is 0 Å². The summed E-state index contributed by atoms with van der Waals surface area (Å²) in [4.78, 5) is 4.80. The van der Waals surface area contributed by atoms with Crippen LogP contribution in [0.3, 0.4) is 0 Å². The quantitative estimate of drug-likeness (QED) is 0.496. The van der Waals surface area contributed by atoms with Gasteiger partial charge < -0.3 is 29.3 Å². The number of hydrogen-bond donors (Lipinski definition) is 2. The van der Waals surface area contributed by atoms with E-state index in [2.05, 4.69) is 17.6 Å². The first-order valence-electron chi connectivity index (χ1n) is 10.1. The number of benzene rings is 1. The second-order valence-electron chi connectivity index (χ2n) is 7.15. The number of guanidine groups is 1. The summed E-state index contributed by atoms with van der Waals surface area (Å²) in [7, 11) is 3.34. The molecule has 1 aliphatic rings. The van der Waals surface area contributed by atoms with Crippen molar-refractivity contribution in [1.82, 2.24) is 10.6 Å². The molecule has 1 fully saturated rings. The highest BCUT2D eigenvalue weighted by Gasteiger charge is 2.17. The lowest BCUT2D eigenvalue weighted by Gasteiger charge is -2.21. The topological polar surface area (TPSA) is 77.2 Å². The minimum atomic E-state index is -0.0188. The summed E-state index contributed by atoms with van der Waals surface area (Å²) in [5.41, 5.74) is 1.01. The van der Waals surface area contributed by atoms with Crippen molar-refractivity contribution in [3.8, 4) is 11.5 Å². The van der Waals surface area contributed by atoms with Gasteiger partial charge in [0, 0.05) is 37.6 Å². The van der Waals surface area contributed by atoms with Gasteiger partial charge in [0.25, 0.3) is 0 Å². The van der Waals surface area contributed by atoms with E-state index in [0.29, 0.717) is 5.92 Å². The minimum Gasteiger partial charge on any atom is -0.497 e. The van der Waals surface area contributed by atoms with E-state index in [1.807, 2.05) is 30.3 Å². The van der Waals surface area contributed by atoms with Gasteiger partial charge >= 0.3 is 0 Å². The molecule has 0 saturated carbocycles. The minimum absolute atomic E-state index is 0.0188. The number of nitrogens with one attached hydrogen (secondary N) is 2. The normalized spacial score (nSPS) is 17.8. The van der Waals surface area contributed by atoms with E-state index in [1.165, 1.54) is 0 Å². The number of hydrogen-bond acceptors (Lipinski definition) is 5. The maximum atomic E-state index is 5.53. The number of methoxy groups -OCH3 is 2. The third kappa shape index (κ3) is 6.15. The molecule has 0 amide bonds. The average molecular weight is 402 g/mol. The fraction of sp³-hybridized carbons (Fsp3) is 0.500. The molecule has 2 N–H and O–H groups in total. The second-order valence-corrected chi connectivity index (χ2v) is 7.15. The third-order valence-corrected chi connectivity index (χ3v) is 5.03. The Kier molecular flexibility index (Phi) is 7.81. The lowest BCUT2D eigenvalue weighted by molar-refractivity contribution is 0.187. The van der Waals surface area contributed by atoms with Crippen molar-refractivity contribution < 1.29 is 18.6 Å². The smallest absolute Gasteiger partial charge is 0.191 e. The van der Waals surface area contributed by atoms with Crippen molar-refractivity contribution in [3.63, 3.8) is 0 Å². The first-order valence-corrected chi connectivity index (χ1v) is 10.1. The average Bonchev–Trinajstić information content (AvgIpc) is 3.45. The molecule has 0 bridgehead atoms. The standard InChI is InChI=1S/C22H31N3O4/c1-16(20-13-19(26-2)6-7-21(20)27-3)25-22(24-14-17-9-12-28-15-17)23-10-8-18-5-4-11-29-18/h4-7,11,13,16-17H,8-10,12,14-15H2,1-3H3,(H2,23,24,25). The Hall–Kier alpha value is -2.67. The molecule has 2 aromatic rings. The number of furan rings is 1. The molecule has 0 radical (unpaired) electrons. The van der Waals surface area contributed by atoms with E-state index in [0.717, 1.165) is 67.9 Å². The van der Waals surface area contributed by atoms with E-state index in [9.17, 15) is 0 Å². The number of rotatable bonds is 9. The second kappa shape index (κ2) is 10.8. The van der Waals surface area contributed by atoms with E-state index in [4.69, 9.17) is 23.6 Å². The van der Waals surface area contributed by atoms with Crippen molar-refractivity contribution in [2.45, 2.75) is 25.8 Å². The summed E-state index contributed by atoms with van der Waals surface area (Å²) in [6.07, 6.45) is 3.54. The Balaban J connectivity index is 1.67. The van der Waals surface area contributed by atoms with Gasteiger partial charge in [-0.05, 0) is 43.7 Å². The van der Waals surface area contributed by atoms with Crippen LogP contribution in [0.2, 0.25) is 0 Å². The highest BCUT2D eigenvalue weighted by molar-refractivity contribution is 5.80. The predicted molar refractivity (Wildman–Crippen MR) is 113 cm³/mol. The Bertz CT molecular complexity index is 770. The highest BCUT2D eigenvalue weighted by Crippen LogP contribution is 2.29. The van der Waals surface area contributed by atoms with Gasteiger partial charge in [-0.25, -0.2) is 0 Å².